The summed E-state index contributed by atoms with van der Waals surface area (Å²) in [5.41, 5.74) is 0.947. The van der Waals surface area contributed by atoms with E-state index in [-0.39, 0.29) is 0 Å². The number of aliphatic carboxylic acids is 2. The quantitative estimate of drug-likeness (QED) is 0.568. The van der Waals surface area contributed by atoms with Crippen molar-refractivity contribution in [2.24, 2.45) is 0 Å². The van der Waals surface area contributed by atoms with Gasteiger partial charge in [-0.3, -0.25) is 4.79 Å². The number of carboxylic acids is 2. The van der Waals surface area contributed by atoms with E-state index in [1.807, 2.05) is 0 Å². The van der Waals surface area contributed by atoms with Gasteiger partial charge in [-0.15, -0.1) is 0 Å². The van der Waals surface area contributed by atoms with E-state index in [2.05, 4.69) is 0 Å². The molecule has 2 N–H and O–H groups in total. The minimum absolute atomic E-state index is 0.833. The molecule has 0 aliphatic heterocycles. The largest absolute Gasteiger partial charge is 0.481 e. The zero-order chi connectivity index (χ0) is 8.57. The summed E-state index contributed by atoms with van der Waals surface area (Å²) in [6, 6.07) is 0. The summed E-state index contributed by atoms with van der Waals surface area (Å²) in [6.45, 7) is 1.08. The first kappa shape index (κ1) is 11.7. The van der Waals surface area contributed by atoms with E-state index in [4.69, 9.17) is 26.6 Å². The summed E-state index contributed by atoms with van der Waals surface area (Å²) in [4.78, 5) is 18.4. The standard InChI is InChI=1S/C3H3ClO2.C2H4O2/c4-2-1-3(5)6;1-2(3)4/h1-2H,(H,5,6);1H3,(H,3,4). The Morgan fingerprint density at radius 3 is 1.70 bits per heavy atom. The topological polar surface area (TPSA) is 74.6 Å². The fourth-order valence-electron chi connectivity index (χ4n) is 0.0539. The second kappa shape index (κ2) is 7.97. The molecule has 0 spiro atoms. The smallest absolute Gasteiger partial charge is 0.329 e. The van der Waals surface area contributed by atoms with Gasteiger partial charge in [-0.2, -0.15) is 0 Å². The van der Waals surface area contributed by atoms with Gasteiger partial charge in [0.15, 0.2) is 0 Å². The van der Waals surface area contributed by atoms with Crippen LogP contribution in [0.5, 0.6) is 0 Å². The third-order valence-corrected chi connectivity index (χ3v) is 0.332. The van der Waals surface area contributed by atoms with E-state index in [1.165, 1.54) is 0 Å². The summed E-state index contributed by atoms with van der Waals surface area (Å²) < 4.78 is 0. The monoisotopic (exact) mass is 166 g/mol. The van der Waals surface area contributed by atoms with Crippen molar-refractivity contribution < 1.29 is 19.8 Å². The normalized spacial score (nSPS) is 8.20. The average molecular weight is 167 g/mol. The number of hydrogen-bond donors (Lipinski definition) is 2. The minimum Gasteiger partial charge on any atom is -0.481 e. The molecule has 10 heavy (non-hydrogen) atoms. The van der Waals surface area contributed by atoms with Gasteiger partial charge in [-0.1, -0.05) is 11.6 Å². The van der Waals surface area contributed by atoms with Crippen molar-refractivity contribution in [3.63, 3.8) is 0 Å². The number of hydrogen-bond acceptors (Lipinski definition) is 2. The van der Waals surface area contributed by atoms with Gasteiger partial charge < -0.3 is 10.2 Å². The maximum absolute atomic E-state index is 9.43. The number of halogens is 1. The molecule has 0 aromatic rings. The fourth-order valence-corrected chi connectivity index (χ4v) is 0.162. The number of carboxylic acid groups (broad SMARTS) is 2. The van der Waals surface area contributed by atoms with Crippen molar-refractivity contribution >= 4 is 23.5 Å². The Kier molecular flexibility index (Phi) is 9.35. The average Bonchev–Trinajstić information content (AvgIpc) is 1.62. The highest BCUT2D eigenvalue weighted by molar-refractivity contribution is 6.26. The van der Waals surface area contributed by atoms with Gasteiger partial charge in [0.1, 0.15) is 0 Å². The second-order valence-corrected chi connectivity index (χ2v) is 1.40. The van der Waals surface area contributed by atoms with Gasteiger partial charge in [0.05, 0.1) is 0 Å². The Morgan fingerprint density at radius 1 is 1.40 bits per heavy atom. The van der Waals surface area contributed by atoms with Crippen LogP contribution in [-0.4, -0.2) is 22.2 Å². The molecular weight excluding hydrogens is 160 g/mol. The Bertz CT molecular complexity index is 137. The van der Waals surface area contributed by atoms with Gasteiger partial charge in [0.25, 0.3) is 5.97 Å². The highest BCUT2D eigenvalue weighted by Crippen LogP contribution is 1.74. The molecule has 5 heteroatoms. The zero-order valence-corrected chi connectivity index (χ0v) is 6.00. The molecule has 0 radical (unpaired) electrons. The molecule has 0 aromatic heterocycles. The third kappa shape index (κ3) is 64.0. The van der Waals surface area contributed by atoms with Crippen molar-refractivity contribution in [1.29, 1.82) is 0 Å². The van der Waals surface area contributed by atoms with E-state index in [0.29, 0.717) is 0 Å². The van der Waals surface area contributed by atoms with E-state index in [9.17, 15) is 4.79 Å². The van der Waals surface area contributed by atoms with Crippen molar-refractivity contribution in [3.8, 4) is 0 Å². The van der Waals surface area contributed by atoms with Crippen LogP contribution in [0.1, 0.15) is 6.92 Å². The molecule has 0 fully saturated rings. The maximum Gasteiger partial charge on any atom is 0.329 e. The molecule has 0 amide bonds. The summed E-state index contributed by atoms with van der Waals surface area (Å²) in [5.74, 6) is -1.86. The van der Waals surface area contributed by atoms with Crippen LogP contribution in [0, 0.1) is 0 Å². The van der Waals surface area contributed by atoms with Crippen molar-refractivity contribution in [2.45, 2.75) is 6.92 Å². The lowest BCUT2D eigenvalue weighted by atomic mass is 10.7. The number of carbonyl (C=O) groups is 2. The molecule has 0 saturated heterocycles. The van der Waals surface area contributed by atoms with E-state index >= 15 is 0 Å². The van der Waals surface area contributed by atoms with E-state index in [1.54, 1.807) is 0 Å². The summed E-state index contributed by atoms with van der Waals surface area (Å²) in [5, 5.41) is 15.2. The third-order valence-electron chi connectivity index (χ3n) is 0.206. The molecule has 4 nitrogen and oxygen atoms in total. The van der Waals surface area contributed by atoms with Gasteiger partial charge >= 0.3 is 5.97 Å². The Labute approximate surface area is 62.7 Å². The SMILES string of the molecule is CC(=O)O.O=C(O)C=CCl. The van der Waals surface area contributed by atoms with Gasteiger partial charge in [0.2, 0.25) is 0 Å². The van der Waals surface area contributed by atoms with Gasteiger partial charge in [0, 0.05) is 18.5 Å². The van der Waals surface area contributed by atoms with Crippen LogP contribution in [0.4, 0.5) is 0 Å². The first-order valence-electron chi connectivity index (χ1n) is 2.20. The molecule has 0 bridgehead atoms. The van der Waals surface area contributed by atoms with Gasteiger partial charge in [-0.25, -0.2) is 4.79 Å². The molecule has 58 valence electrons. The maximum atomic E-state index is 9.43. The first-order valence-corrected chi connectivity index (χ1v) is 2.63. The summed E-state index contributed by atoms with van der Waals surface area (Å²) in [7, 11) is 0. The van der Waals surface area contributed by atoms with Crippen LogP contribution < -0.4 is 0 Å². The molecule has 0 saturated carbocycles. The Hall–Kier alpha value is -1.03. The molecule has 0 unspecified atom stereocenters. The van der Waals surface area contributed by atoms with E-state index < -0.39 is 11.9 Å². The van der Waals surface area contributed by atoms with Crippen LogP contribution >= 0.6 is 11.6 Å². The molecule has 0 aliphatic rings. The lowest BCUT2D eigenvalue weighted by Crippen LogP contribution is -1.83. The first-order chi connectivity index (χ1) is 4.50. The van der Waals surface area contributed by atoms with Crippen LogP contribution in [-0.2, 0) is 9.59 Å². The highest BCUT2D eigenvalue weighted by atomic mass is 35.5. The minimum atomic E-state index is -1.02. The summed E-state index contributed by atoms with van der Waals surface area (Å²) in [6.07, 6.45) is 0.849. The van der Waals surface area contributed by atoms with Crippen LogP contribution in [0.2, 0.25) is 0 Å². The molecule has 0 heterocycles. The van der Waals surface area contributed by atoms with Crippen molar-refractivity contribution in [1.82, 2.24) is 0 Å². The lowest BCUT2D eigenvalue weighted by molar-refractivity contribution is -0.134. The van der Waals surface area contributed by atoms with Crippen molar-refractivity contribution in [3.05, 3.63) is 11.6 Å². The number of rotatable bonds is 1. The van der Waals surface area contributed by atoms with Crippen LogP contribution in [0.25, 0.3) is 0 Å². The molecule has 0 rings (SSSR count). The summed E-state index contributed by atoms with van der Waals surface area (Å²) >= 11 is 4.84. The van der Waals surface area contributed by atoms with E-state index in [0.717, 1.165) is 18.5 Å². The van der Waals surface area contributed by atoms with Crippen LogP contribution in [0.3, 0.4) is 0 Å². The Balaban J connectivity index is 0. The fraction of sp³-hybridized carbons (Fsp3) is 0.200. The molecule has 0 atom stereocenters. The molecule has 0 aromatic carbocycles. The predicted octanol–water partition coefficient (Wildman–Crippen LogP) is 0.914. The second-order valence-electron chi connectivity index (χ2n) is 1.15. The highest BCUT2D eigenvalue weighted by Gasteiger charge is 1.77. The van der Waals surface area contributed by atoms with Gasteiger partial charge in [-0.05, 0) is 0 Å². The zero-order valence-electron chi connectivity index (χ0n) is 5.24. The molecule has 0 aliphatic carbocycles. The Morgan fingerprint density at radius 2 is 1.70 bits per heavy atom. The van der Waals surface area contributed by atoms with Crippen LogP contribution in [0.15, 0.2) is 11.6 Å². The lowest BCUT2D eigenvalue weighted by Gasteiger charge is -1.67. The predicted molar refractivity (Wildman–Crippen MR) is 35.9 cm³/mol. The molecular formula is C5H7ClO4. The van der Waals surface area contributed by atoms with Crippen molar-refractivity contribution in [2.75, 3.05) is 0 Å².